The van der Waals surface area contributed by atoms with Gasteiger partial charge in [-0.1, -0.05) is 22.0 Å². The minimum Gasteiger partial charge on any atom is -0.507 e. The highest BCUT2D eigenvalue weighted by molar-refractivity contribution is 9.10. The van der Waals surface area contributed by atoms with E-state index in [4.69, 9.17) is 4.42 Å². The van der Waals surface area contributed by atoms with Crippen LogP contribution in [0, 0.1) is 6.92 Å². The number of hydrazone groups is 1. The molecule has 3 N–H and O–H groups in total. The first-order chi connectivity index (χ1) is 11.5. The van der Waals surface area contributed by atoms with Crippen molar-refractivity contribution in [3.05, 3.63) is 57.8 Å². The van der Waals surface area contributed by atoms with Crippen LogP contribution in [-0.4, -0.2) is 22.3 Å². The Morgan fingerprint density at radius 1 is 1.25 bits per heavy atom. The van der Waals surface area contributed by atoms with Crippen molar-refractivity contribution in [1.82, 2.24) is 5.43 Å². The highest BCUT2D eigenvalue weighted by Crippen LogP contribution is 2.32. The summed E-state index contributed by atoms with van der Waals surface area (Å²) in [6.45, 7) is 1.69. The molecule has 0 unspecified atom stereocenters. The number of carbonyl (C=O) groups is 1. The molecule has 3 aromatic rings. The summed E-state index contributed by atoms with van der Waals surface area (Å²) in [6, 6.07) is 9.75. The fourth-order valence-corrected chi connectivity index (χ4v) is 2.68. The highest BCUT2D eigenvalue weighted by atomic mass is 79.9. The van der Waals surface area contributed by atoms with Gasteiger partial charge in [-0.15, -0.1) is 0 Å². The van der Waals surface area contributed by atoms with Crippen LogP contribution < -0.4 is 5.43 Å². The van der Waals surface area contributed by atoms with E-state index in [0.29, 0.717) is 22.1 Å². The predicted octanol–water partition coefficient (Wildman–Crippen LogP) is 3.68. The summed E-state index contributed by atoms with van der Waals surface area (Å²) in [6.07, 6.45) is 1.33. The molecule has 7 heteroatoms. The van der Waals surface area contributed by atoms with Crippen molar-refractivity contribution in [2.75, 3.05) is 0 Å². The number of nitrogens with zero attached hydrogens (tertiary/aromatic N) is 1. The van der Waals surface area contributed by atoms with Crippen molar-refractivity contribution < 1.29 is 19.4 Å². The molecule has 3 rings (SSSR count). The van der Waals surface area contributed by atoms with E-state index in [2.05, 4.69) is 26.5 Å². The highest BCUT2D eigenvalue weighted by Gasteiger charge is 2.19. The first kappa shape index (κ1) is 16.1. The molecule has 24 heavy (non-hydrogen) atoms. The van der Waals surface area contributed by atoms with E-state index in [1.54, 1.807) is 31.2 Å². The molecule has 1 aromatic heterocycles. The normalized spacial score (nSPS) is 11.2. The van der Waals surface area contributed by atoms with Gasteiger partial charge in [0.1, 0.15) is 17.1 Å². The van der Waals surface area contributed by atoms with E-state index >= 15 is 0 Å². The van der Waals surface area contributed by atoms with Crippen molar-refractivity contribution in [3.8, 4) is 11.5 Å². The second-order valence-electron chi connectivity index (χ2n) is 5.11. The summed E-state index contributed by atoms with van der Waals surface area (Å²) >= 11 is 3.24. The van der Waals surface area contributed by atoms with Crippen LogP contribution in [0.2, 0.25) is 0 Å². The maximum absolute atomic E-state index is 12.2. The van der Waals surface area contributed by atoms with Gasteiger partial charge in [0.15, 0.2) is 5.76 Å². The number of aryl methyl sites for hydroxylation is 1. The maximum Gasteiger partial charge on any atom is 0.307 e. The standard InChI is InChI=1S/C17H13BrN2O4/c1-9-15-12(21)3-2-4-14(15)24-16(9)17(23)20-19-8-10-5-6-11(18)7-13(10)22/h2-8,21-22H,1H3,(H,20,23)/b19-8+. The monoisotopic (exact) mass is 388 g/mol. The molecular weight excluding hydrogens is 376 g/mol. The molecular formula is C17H13BrN2O4. The molecule has 0 saturated carbocycles. The fourth-order valence-electron chi connectivity index (χ4n) is 2.34. The second kappa shape index (κ2) is 6.37. The molecule has 0 atom stereocenters. The number of phenols is 2. The Kier molecular flexibility index (Phi) is 4.26. The van der Waals surface area contributed by atoms with Gasteiger partial charge in [-0.25, -0.2) is 5.43 Å². The van der Waals surface area contributed by atoms with Gasteiger partial charge < -0.3 is 14.6 Å². The zero-order chi connectivity index (χ0) is 17.3. The molecule has 0 spiro atoms. The first-order valence-corrected chi connectivity index (χ1v) is 7.79. The van der Waals surface area contributed by atoms with Crippen molar-refractivity contribution >= 4 is 39.0 Å². The van der Waals surface area contributed by atoms with Crippen molar-refractivity contribution in [2.24, 2.45) is 5.10 Å². The fraction of sp³-hybridized carbons (Fsp3) is 0.0588. The average Bonchev–Trinajstić information content (AvgIpc) is 2.88. The lowest BCUT2D eigenvalue weighted by Crippen LogP contribution is -2.17. The number of carbonyl (C=O) groups excluding carboxylic acids is 1. The Bertz CT molecular complexity index is 963. The van der Waals surface area contributed by atoms with Crippen LogP contribution in [-0.2, 0) is 0 Å². The molecule has 0 saturated heterocycles. The third kappa shape index (κ3) is 2.98. The number of rotatable bonds is 3. The van der Waals surface area contributed by atoms with Gasteiger partial charge in [0, 0.05) is 15.6 Å². The van der Waals surface area contributed by atoms with Gasteiger partial charge in [0.05, 0.1) is 11.6 Å². The van der Waals surface area contributed by atoms with E-state index in [1.165, 1.54) is 18.3 Å². The lowest BCUT2D eigenvalue weighted by molar-refractivity contribution is 0.0929. The number of aromatic hydroxyl groups is 2. The Morgan fingerprint density at radius 2 is 2.04 bits per heavy atom. The smallest absolute Gasteiger partial charge is 0.307 e. The number of hydrogen-bond donors (Lipinski definition) is 3. The average molecular weight is 389 g/mol. The molecule has 0 radical (unpaired) electrons. The number of benzene rings is 2. The molecule has 0 aliphatic rings. The molecule has 122 valence electrons. The number of fused-ring (bicyclic) bond motifs is 1. The third-order valence-electron chi connectivity index (χ3n) is 3.50. The zero-order valence-corrected chi connectivity index (χ0v) is 14.2. The minimum atomic E-state index is -0.545. The molecule has 0 fully saturated rings. The van der Waals surface area contributed by atoms with Gasteiger partial charge >= 0.3 is 5.91 Å². The largest absolute Gasteiger partial charge is 0.507 e. The van der Waals surface area contributed by atoms with E-state index in [1.807, 2.05) is 0 Å². The summed E-state index contributed by atoms with van der Waals surface area (Å²) in [4.78, 5) is 12.2. The molecule has 1 heterocycles. The van der Waals surface area contributed by atoms with Crippen LogP contribution in [0.15, 0.2) is 50.4 Å². The van der Waals surface area contributed by atoms with E-state index < -0.39 is 5.91 Å². The summed E-state index contributed by atoms with van der Waals surface area (Å²) in [5, 5.41) is 24.0. The summed E-state index contributed by atoms with van der Waals surface area (Å²) in [5.41, 5.74) is 3.75. The van der Waals surface area contributed by atoms with Gasteiger partial charge in [0.25, 0.3) is 0 Å². The summed E-state index contributed by atoms with van der Waals surface area (Å²) in [7, 11) is 0. The van der Waals surface area contributed by atoms with Crippen LogP contribution in [0.5, 0.6) is 11.5 Å². The minimum absolute atomic E-state index is 0.0345. The summed E-state index contributed by atoms with van der Waals surface area (Å²) < 4.78 is 6.22. The van der Waals surface area contributed by atoms with Gasteiger partial charge in [-0.3, -0.25) is 4.79 Å². The van der Waals surface area contributed by atoms with Crippen molar-refractivity contribution in [1.29, 1.82) is 0 Å². The van der Waals surface area contributed by atoms with Crippen LogP contribution in [0.3, 0.4) is 0 Å². The molecule has 0 aliphatic carbocycles. The lowest BCUT2D eigenvalue weighted by atomic mass is 10.1. The topological polar surface area (TPSA) is 95.1 Å². The SMILES string of the molecule is Cc1c(C(=O)N/N=C/c2ccc(Br)cc2O)oc2cccc(O)c12. The molecule has 6 nitrogen and oxygen atoms in total. The Morgan fingerprint density at radius 3 is 2.75 bits per heavy atom. The van der Waals surface area contributed by atoms with Gasteiger partial charge in [0.2, 0.25) is 0 Å². The van der Waals surface area contributed by atoms with Crippen molar-refractivity contribution in [3.63, 3.8) is 0 Å². The predicted molar refractivity (Wildman–Crippen MR) is 93.5 cm³/mol. The number of furan rings is 1. The molecule has 0 bridgehead atoms. The number of hydrogen-bond acceptors (Lipinski definition) is 5. The third-order valence-corrected chi connectivity index (χ3v) is 3.99. The number of halogens is 1. The molecule has 0 aliphatic heterocycles. The number of phenolic OH excluding ortho intramolecular Hbond substituents is 2. The lowest BCUT2D eigenvalue weighted by Gasteiger charge is -2.00. The van der Waals surface area contributed by atoms with Crippen LogP contribution in [0.25, 0.3) is 11.0 Å². The van der Waals surface area contributed by atoms with Crippen LogP contribution >= 0.6 is 15.9 Å². The van der Waals surface area contributed by atoms with E-state index in [0.717, 1.165) is 4.47 Å². The van der Waals surface area contributed by atoms with Crippen LogP contribution in [0.1, 0.15) is 21.7 Å². The number of nitrogens with one attached hydrogen (secondary N) is 1. The Hall–Kier alpha value is -2.80. The molecule has 1 amide bonds. The summed E-state index contributed by atoms with van der Waals surface area (Å²) in [5.74, 6) is -0.386. The Labute approximate surface area is 145 Å². The quantitative estimate of drug-likeness (QED) is 0.471. The molecule has 2 aromatic carbocycles. The first-order valence-electron chi connectivity index (χ1n) is 7.00. The maximum atomic E-state index is 12.2. The van der Waals surface area contributed by atoms with Gasteiger partial charge in [-0.2, -0.15) is 5.10 Å². The Balaban J connectivity index is 1.82. The van der Waals surface area contributed by atoms with Crippen LogP contribution in [0.4, 0.5) is 0 Å². The van der Waals surface area contributed by atoms with E-state index in [9.17, 15) is 15.0 Å². The van der Waals surface area contributed by atoms with Gasteiger partial charge in [-0.05, 0) is 37.3 Å². The van der Waals surface area contributed by atoms with Crippen molar-refractivity contribution in [2.45, 2.75) is 6.92 Å². The van der Waals surface area contributed by atoms with E-state index in [-0.39, 0.29) is 17.3 Å². The number of amides is 1. The second-order valence-corrected chi connectivity index (χ2v) is 6.02. The zero-order valence-electron chi connectivity index (χ0n) is 12.6.